The molecule has 1 atom stereocenters. The summed E-state index contributed by atoms with van der Waals surface area (Å²) < 4.78 is 5.90. The van der Waals surface area contributed by atoms with Crippen molar-refractivity contribution in [2.75, 3.05) is 14.2 Å². The van der Waals surface area contributed by atoms with Crippen LogP contribution in [0.5, 0.6) is 5.75 Å². The van der Waals surface area contributed by atoms with E-state index in [0.717, 1.165) is 12.8 Å². The molecule has 0 aromatic carbocycles. The second kappa shape index (κ2) is 4.77. The van der Waals surface area contributed by atoms with Gasteiger partial charge in [0, 0.05) is 6.54 Å². The van der Waals surface area contributed by atoms with E-state index in [4.69, 9.17) is 0 Å². The number of ether oxygens (including phenoxy) is 1. The van der Waals surface area contributed by atoms with Gasteiger partial charge < -0.3 is 15.2 Å². The number of rotatable bonds is 2. The number of carbonyl (C=O) groups is 1. The number of nitrogens with zero attached hydrogens (tertiary/aromatic N) is 2. The number of hydrogen-bond acceptors (Lipinski definition) is 6. The second-order valence-corrected chi connectivity index (χ2v) is 4.10. The average Bonchev–Trinajstić information content (AvgIpc) is 2.41. The molecule has 1 aromatic heterocycles. The van der Waals surface area contributed by atoms with Crippen LogP contribution >= 0.6 is 0 Å². The van der Waals surface area contributed by atoms with Crippen LogP contribution in [0.1, 0.15) is 35.2 Å². The monoisotopic (exact) mass is 253 g/mol. The molecule has 0 fully saturated rings. The van der Waals surface area contributed by atoms with Crippen molar-refractivity contribution in [3.8, 4) is 5.75 Å². The maximum atomic E-state index is 12.0. The molecule has 7 heteroatoms. The molecule has 0 bridgehead atoms. The molecular weight excluding hydrogens is 238 g/mol. The first-order valence-electron chi connectivity index (χ1n) is 5.69. The number of carbonyl (C=O) groups excluding carboxylic acids is 1. The van der Waals surface area contributed by atoms with Crippen LogP contribution in [0.2, 0.25) is 0 Å². The third-order valence-corrected chi connectivity index (χ3v) is 3.09. The van der Waals surface area contributed by atoms with E-state index in [2.05, 4.69) is 15.0 Å². The predicted molar refractivity (Wildman–Crippen MR) is 62.5 cm³/mol. The van der Waals surface area contributed by atoms with Gasteiger partial charge in [-0.25, -0.2) is 9.78 Å². The molecule has 98 valence electrons. The van der Waals surface area contributed by atoms with Crippen molar-refractivity contribution < 1.29 is 14.6 Å². The van der Waals surface area contributed by atoms with Crippen LogP contribution in [0.15, 0.2) is 4.79 Å². The zero-order valence-corrected chi connectivity index (χ0v) is 10.3. The van der Waals surface area contributed by atoms with E-state index in [-0.39, 0.29) is 11.7 Å². The Morgan fingerprint density at radius 3 is 2.94 bits per heavy atom. The van der Waals surface area contributed by atoms with Crippen molar-refractivity contribution in [1.82, 2.24) is 14.9 Å². The minimum atomic E-state index is -0.812. The van der Waals surface area contributed by atoms with Gasteiger partial charge in [0.2, 0.25) is 5.75 Å². The Bertz CT molecular complexity index is 538. The van der Waals surface area contributed by atoms with Gasteiger partial charge in [-0.05, 0) is 19.9 Å². The van der Waals surface area contributed by atoms with Crippen LogP contribution in [-0.2, 0) is 11.3 Å². The summed E-state index contributed by atoms with van der Waals surface area (Å²) in [6.45, 7) is 0.494. The molecule has 18 heavy (non-hydrogen) atoms. The summed E-state index contributed by atoms with van der Waals surface area (Å²) in [7, 11) is 2.94. The fourth-order valence-corrected chi connectivity index (χ4v) is 2.14. The SMILES string of the molecule is CN[C@@H]1CCCn2c1nc(C(=O)OC)c(O)c2=O. The number of nitrogens with one attached hydrogen (secondary N) is 1. The molecule has 2 rings (SSSR count). The van der Waals surface area contributed by atoms with E-state index in [0.29, 0.717) is 12.4 Å². The molecule has 2 N–H and O–H groups in total. The number of methoxy groups -OCH3 is 1. The zero-order valence-electron chi connectivity index (χ0n) is 10.3. The molecule has 1 aliphatic heterocycles. The van der Waals surface area contributed by atoms with Crippen molar-refractivity contribution in [2.24, 2.45) is 0 Å². The Balaban J connectivity index is 2.64. The van der Waals surface area contributed by atoms with Gasteiger partial charge >= 0.3 is 5.97 Å². The lowest BCUT2D eigenvalue weighted by molar-refractivity contribution is 0.0588. The number of esters is 1. The van der Waals surface area contributed by atoms with Gasteiger partial charge in [-0.3, -0.25) is 9.36 Å². The first-order chi connectivity index (χ1) is 8.60. The van der Waals surface area contributed by atoms with Crippen molar-refractivity contribution >= 4 is 5.97 Å². The molecule has 7 nitrogen and oxygen atoms in total. The summed E-state index contributed by atoms with van der Waals surface area (Å²) in [4.78, 5) is 27.5. The Hall–Kier alpha value is -1.89. The van der Waals surface area contributed by atoms with E-state index in [9.17, 15) is 14.7 Å². The van der Waals surface area contributed by atoms with Crippen molar-refractivity contribution in [3.63, 3.8) is 0 Å². The number of aromatic nitrogens is 2. The molecule has 0 saturated heterocycles. The van der Waals surface area contributed by atoms with E-state index >= 15 is 0 Å². The molecule has 2 heterocycles. The van der Waals surface area contributed by atoms with Crippen LogP contribution in [0.25, 0.3) is 0 Å². The second-order valence-electron chi connectivity index (χ2n) is 4.10. The van der Waals surface area contributed by atoms with Crippen LogP contribution in [0.4, 0.5) is 0 Å². The van der Waals surface area contributed by atoms with Crippen LogP contribution in [0, 0.1) is 0 Å². The van der Waals surface area contributed by atoms with Gasteiger partial charge in [0.05, 0.1) is 13.2 Å². The lowest BCUT2D eigenvalue weighted by atomic mass is 10.1. The van der Waals surface area contributed by atoms with E-state index in [1.807, 2.05) is 0 Å². The highest BCUT2D eigenvalue weighted by Crippen LogP contribution is 2.23. The third-order valence-electron chi connectivity index (χ3n) is 3.09. The topological polar surface area (TPSA) is 93.5 Å². The van der Waals surface area contributed by atoms with Gasteiger partial charge in [0.25, 0.3) is 5.56 Å². The fraction of sp³-hybridized carbons (Fsp3) is 0.545. The summed E-state index contributed by atoms with van der Waals surface area (Å²) in [6, 6.07) is -0.101. The fourth-order valence-electron chi connectivity index (χ4n) is 2.14. The Morgan fingerprint density at radius 1 is 1.61 bits per heavy atom. The minimum Gasteiger partial charge on any atom is -0.501 e. The van der Waals surface area contributed by atoms with E-state index in [1.165, 1.54) is 11.7 Å². The number of aromatic hydroxyl groups is 1. The van der Waals surface area contributed by atoms with Gasteiger partial charge in [-0.2, -0.15) is 0 Å². The molecular formula is C11H15N3O4. The summed E-state index contributed by atoms with van der Waals surface area (Å²) in [5, 5.41) is 12.7. The third kappa shape index (κ3) is 1.86. The van der Waals surface area contributed by atoms with E-state index < -0.39 is 17.3 Å². The predicted octanol–water partition coefficient (Wildman–Crippen LogP) is -0.210. The zero-order chi connectivity index (χ0) is 13.3. The molecule has 0 unspecified atom stereocenters. The van der Waals surface area contributed by atoms with Crippen molar-refractivity contribution in [3.05, 3.63) is 21.9 Å². The molecule has 0 saturated carbocycles. The Labute approximate surface area is 103 Å². The summed E-state index contributed by atoms with van der Waals surface area (Å²) in [6.07, 6.45) is 1.64. The minimum absolute atomic E-state index is 0.101. The quantitative estimate of drug-likeness (QED) is 0.708. The van der Waals surface area contributed by atoms with Gasteiger partial charge in [-0.15, -0.1) is 0 Å². The maximum Gasteiger partial charge on any atom is 0.360 e. The molecule has 0 amide bonds. The number of fused-ring (bicyclic) bond motifs is 1. The lowest BCUT2D eigenvalue weighted by Crippen LogP contribution is -2.35. The molecule has 1 aromatic rings. The summed E-state index contributed by atoms with van der Waals surface area (Å²) >= 11 is 0. The van der Waals surface area contributed by atoms with Gasteiger partial charge in [0.1, 0.15) is 5.82 Å². The summed E-state index contributed by atoms with van der Waals surface area (Å²) in [5.41, 5.74) is -0.920. The van der Waals surface area contributed by atoms with Crippen molar-refractivity contribution in [2.45, 2.75) is 25.4 Å². The van der Waals surface area contributed by atoms with Crippen LogP contribution in [0.3, 0.4) is 0 Å². The van der Waals surface area contributed by atoms with Crippen LogP contribution in [-0.4, -0.2) is 34.8 Å². The lowest BCUT2D eigenvalue weighted by Gasteiger charge is -2.25. The Kier molecular flexibility index (Phi) is 3.33. The largest absolute Gasteiger partial charge is 0.501 e. The average molecular weight is 253 g/mol. The standard InChI is InChI=1S/C11H15N3O4/c1-12-6-4-3-5-14-9(6)13-7(11(17)18-2)8(15)10(14)16/h6,12,15H,3-5H2,1-2H3/t6-/m1/s1. The normalized spacial score (nSPS) is 18.2. The van der Waals surface area contributed by atoms with Gasteiger partial charge in [0.15, 0.2) is 5.69 Å². The van der Waals surface area contributed by atoms with Crippen molar-refractivity contribution in [1.29, 1.82) is 0 Å². The summed E-state index contributed by atoms with van der Waals surface area (Å²) in [5.74, 6) is -0.997. The molecule has 1 aliphatic rings. The maximum absolute atomic E-state index is 12.0. The Morgan fingerprint density at radius 2 is 2.33 bits per heavy atom. The van der Waals surface area contributed by atoms with Crippen LogP contribution < -0.4 is 10.9 Å². The number of hydrogen-bond donors (Lipinski definition) is 2. The van der Waals surface area contributed by atoms with Gasteiger partial charge in [-0.1, -0.05) is 0 Å². The first-order valence-corrected chi connectivity index (χ1v) is 5.69. The molecule has 0 spiro atoms. The highest BCUT2D eigenvalue weighted by Gasteiger charge is 2.27. The molecule has 0 radical (unpaired) electrons. The smallest absolute Gasteiger partial charge is 0.360 e. The highest BCUT2D eigenvalue weighted by atomic mass is 16.5. The first kappa shape index (κ1) is 12.6. The highest BCUT2D eigenvalue weighted by molar-refractivity contribution is 5.89. The van der Waals surface area contributed by atoms with E-state index in [1.54, 1.807) is 7.05 Å². The molecule has 0 aliphatic carbocycles.